The van der Waals surface area contributed by atoms with Crippen LogP contribution in [0.5, 0.6) is 0 Å². The van der Waals surface area contributed by atoms with E-state index in [0.29, 0.717) is 22.3 Å². The number of dihydropyridines is 1. The summed E-state index contributed by atoms with van der Waals surface area (Å²) < 4.78 is 10.1. The number of hydrogen-bond donors (Lipinski definition) is 3. The number of ether oxygens (including phenoxy) is 2. The summed E-state index contributed by atoms with van der Waals surface area (Å²) in [6.45, 7) is 3.55. The molecule has 0 bridgehead atoms. The van der Waals surface area contributed by atoms with Gasteiger partial charge in [0, 0.05) is 28.9 Å². The van der Waals surface area contributed by atoms with E-state index >= 15 is 0 Å². The normalized spacial score (nSPS) is 18.1. The third kappa shape index (κ3) is 4.38. The Kier molecular flexibility index (Phi) is 7.14. The Morgan fingerprint density at radius 1 is 1.33 bits per heavy atom. The maximum Gasteiger partial charge on any atom is 0.336 e. The van der Waals surface area contributed by atoms with Crippen molar-refractivity contribution in [2.45, 2.75) is 19.8 Å². The van der Waals surface area contributed by atoms with Crippen molar-refractivity contribution < 1.29 is 29.5 Å². The standard InChI is InChI=1S/C18H21BrN2O6/c1-4-27-18(23)16-13(9-19)20-10(2)14(17(22)26-3)15(16)11-6-5-7-12(8-11)21(24)25/h5-8,15,20-21,24H,4,9H2,1-3H3. The van der Waals surface area contributed by atoms with Crippen LogP contribution in [0.3, 0.4) is 0 Å². The Hall–Kier alpha value is -2.20. The largest absolute Gasteiger partial charge is 0.595 e. The zero-order valence-electron chi connectivity index (χ0n) is 15.2. The summed E-state index contributed by atoms with van der Waals surface area (Å²) in [5.74, 6) is -2.01. The summed E-state index contributed by atoms with van der Waals surface area (Å²) in [6, 6.07) is 6.13. The molecule has 1 aromatic carbocycles. The number of quaternary nitrogens is 1. The first-order valence-corrected chi connectivity index (χ1v) is 9.33. The Bertz CT molecular complexity index is 803. The lowest BCUT2D eigenvalue weighted by Crippen LogP contribution is -2.99. The number of rotatable bonds is 6. The molecule has 1 aromatic rings. The number of allylic oxidation sites excluding steroid dienone is 2. The van der Waals surface area contributed by atoms with E-state index in [-0.39, 0.29) is 23.4 Å². The molecule has 146 valence electrons. The highest BCUT2D eigenvalue weighted by Gasteiger charge is 2.38. The van der Waals surface area contributed by atoms with Crippen molar-refractivity contribution in [3.05, 3.63) is 57.6 Å². The molecule has 0 aromatic heterocycles. The van der Waals surface area contributed by atoms with E-state index in [0.717, 1.165) is 0 Å². The number of halogens is 1. The molecule has 0 aliphatic carbocycles. The molecule has 0 radical (unpaired) electrons. The number of benzene rings is 1. The minimum Gasteiger partial charge on any atom is -0.595 e. The summed E-state index contributed by atoms with van der Waals surface area (Å²) in [4.78, 5) is 25.2. The van der Waals surface area contributed by atoms with Gasteiger partial charge in [0.1, 0.15) is 0 Å². The molecule has 1 aliphatic rings. The van der Waals surface area contributed by atoms with Crippen molar-refractivity contribution in [1.82, 2.24) is 5.32 Å². The molecule has 9 heteroatoms. The minimum atomic E-state index is -1.10. The second-order valence-electron chi connectivity index (χ2n) is 5.77. The Labute approximate surface area is 165 Å². The molecule has 0 amide bonds. The van der Waals surface area contributed by atoms with E-state index in [1.807, 2.05) is 0 Å². The molecular weight excluding hydrogens is 420 g/mol. The number of hydrogen-bond acceptors (Lipinski definition) is 7. The van der Waals surface area contributed by atoms with Crippen LogP contribution in [0.2, 0.25) is 0 Å². The van der Waals surface area contributed by atoms with Gasteiger partial charge in [0.2, 0.25) is 0 Å². The number of carbonyl (C=O) groups is 2. The highest BCUT2D eigenvalue weighted by molar-refractivity contribution is 9.09. The third-order valence-corrected chi connectivity index (χ3v) is 4.71. The van der Waals surface area contributed by atoms with E-state index in [4.69, 9.17) is 9.47 Å². The molecular formula is C18H21BrN2O6. The van der Waals surface area contributed by atoms with Crippen LogP contribution in [0, 0.1) is 5.21 Å². The molecule has 1 aliphatic heterocycles. The third-order valence-electron chi connectivity index (χ3n) is 4.15. The minimum absolute atomic E-state index is 0.0523. The Morgan fingerprint density at radius 3 is 2.59 bits per heavy atom. The van der Waals surface area contributed by atoms with Crippen LogP contribution in [0.1, 0.15) is 25.3 Å². The van der Waals surface area contributed by atoms with Crippen molar-refractivity contribution in [2.75, 3.05) is 19.0 Å². The van der Waals surface area contributed by atoms with Gasteiger partial charge in [0.25, 0.3) is 0 Å². The van der Waals surface area contributed by atoms with Crippen LogP contribution < -0.4 is 10.5 Å². The van der Waals surface area contributed by atoms with Crippen molar-refractivity contribution >= 4 is 33.6 Å². The average Bonchev–Trinajstić information content (AvgIpc) is 2.66. The lowest BCUT2D eigenvalue weighted by atomic mass is 9.80. The van der Waals surface area contributed by atoms with Crippen LogP contribution >= 0.6 is 15.9 Å². The van der Waals surface area contributed by atoms with Gasteiger partial charge in [0.15, 0.2) is 5.69 Å². The average molecular weight is 441 g/mol. The fourth-order valence-corrected chi connectivity index (χ4v) is 3.46. The second kappa shape index (κ2) is 9.14. The van der Waals surface area contributed by atoms with E-state index in [1.54, 1.807) is 26.0 Å². The molecule has 0 saturated heterocycles. The Balaban J connectivity index is 2.73. The van der Waals surface area contributed by atoms with Gasteiger partial charge in [-0.05, 0) is 19.4 Å². The van der Waals surface area contributed by atoms with Gasteiger partial charge in [-0.2, -0.15) is 5.23 Å². The number of carbonyl (C=O) groups excluding carboxylic acids is 2. The monoisotopic (exact) mass is 440 g/mol. The SMILES string of the molecule is CCOC(=O)C1=C(CBr)NC(C)=C(C(=O)OC)C1c1cccc([NH+]([O-])O)c1. The van der Waals surface area contributed by atoms with Crippen LogP contribution in [0.15, 0.2) is 46.8 Å². The number of esters is 2. The zero-order valence-corrected chi connectivity index (χ0v) is 16.8. The number of methoxy groups -OCH3 is 1. The molecule has 8 nitrogen and oxygen atoms in total. The van der Waals surface area contributed by atoms with Gasteiger partial charge in [-0.1, -0.05) is 28.1 Å². The van der Waals surface area contributed by atoms with Gasteiger partial charge in [-0.15, -0.1) is 0 Å². The molecule has 2 unspecified atom stereocenters. The lowest BCUT2D eigenvalue weighted by molar-refractivity contribution is -0.991. The fourth-order valence-electron chi connectivity index (χ4n) is 3.02. The summed E-state index contributed by atoms with van der Waals surface area (Å²) >= 11 is 3.35. The number of alkyl halides is 1. The predicted octanol–water partition coefficient (Wildman–Crippen LogP) is 1.44. The molecule has 0 spiro atoms. The zero-order chi connectivity index (χ0) is 20.1. The molecule has 2 rings (SSSR count). The van der Waals surface area contributed by atoms with Crippen LogP contribution in [-0.2, 0) is 19.1 Å². The van der Waals surface area contributed by atoms with Gasteiger partial charge < -0.3 is 20.0 Å². The maximum atomic E-state index is 12.7. The highest BCUT2D eigenvalue weighted by Crippen LogP contribution is 2.40. The summed E-state index contributed by atoms with van der Waals surface area (Å²) in [5, 5.41) is 23.0. The van der Waals surface area contributed by atoms with Crippen LogP contribution in [-0.4, -0.2) is 36.2 Å². The fraction of sp³-hybridized carbons (Fsp3) is 0.333. The molecule has 0 saturated carbocycles. The lowest BCUT2D eigenvalue weighted by Gasteiger charge is -2.31. The second-order valence-corrected chi connectivity index (χ2v) is 6.33. The van der Waals surface area contributed by atoms with E-state index in [2.05, 4.69) is 21.2 Å². The molecule has 1 heterocycles. The van der Waals surface area contributed by atoms with Crippen molar-refractivity contribution in [3.63, 3.8) is 0 Å². The maximum absolute atomic E-state index is 12.7. The van der Waals surface area contributed by atoms with Crippen LogP contribution in [0.25, 0.3) is 0 Å². The van der Waals surface area contributed by atoms with Crippen molar-refractivity contribution in [3.8, 4) is 0 Å². The van der Waals surface area contributed by atoms with Crippen molar-refractivity contribution in [1.29, 1.82) is 0 Å². The smallest absolute Gasteiger partial charge is 0.336 e. The predicted molar refractivity (Wildman–Crippen MR) is 100 cm³/mol. The van der Waals surface area contributed by atoms with Gasteiger partial charge >= 0.3 is 11.9 Å². The summed E-state index contributed by atoms with van der Waals surface area (Å²) in [7, 11) is 1.25. The molecule has 2 atom stereocenters. The van der Waals surface area contributed by atoms with Gasteiger partial charge in [-0.25, -0.2) is 14.8 Å². The van der Waals surface area contributed by atoms with Crippen LogP contribution in [0.4, 0.5) is 5.69 Å². The van der Waals surface area contributed by atoms with E-state index in [9.17, 15) is 20.0 Å². The summed E-state index contributed by atoms with van der Waals surface area (Å²) in [5.41, 5.74) is 2.07. The topological polar surface area (TPSA) is 112 Å². The summed E-state index contributed by atoms with van der Waals surface area (Å²) in [6.07, 6.45) is 0. The number of nitrogens with one attached hydrogen (secondary N) is 2. The van der Waals surface area contributed by atoms with Gasteiger partial charge in [-0.3, -0.25) is 0 Å². The van der Waals surface area contributed by atoms with Gasteiger partial charge in [0.05, 0.1) is 30.8 Å². The first-order chi connectivity index (χ1) is 12.8. The quantitative estimate of drug-likeness (QED) is 0.348. The van der Waals surface area contributed by atoms with E-state index < -0.39 is 23.1 Å². The molecule has 0 fully saturated rings. The van der Waals surface area contributed by atoms with Crippen molar-refractivity contribution in [2.24, 2.45) is 0 Å². The first-order valence-electron chi connectivity index (χ1n) is 8.21. The first kappa shape index (κ1) is 21.1. The highest BCUT2D eigenvalue weighted by atomic mass is 79.9. The molecule has 27 heavy (non-hydrogen) atoms. The molecule has 3 N–H and O–H groups in total. The van der Waals surface area contributed by atoms with E-state index in [1.165, 1.54) is 19.2 Å². The Morgan fingerprint density at radius 2 is 2.04 bits per heavy atom.